The molecule has 0 unspecified atom stereocenters. The smallest absolute Gasteiger partial charge is 0.353 e. The summed E-state index contributed by atoms with van der Waals surface area (Å²) in [5, 5.41) is 32.4. The fourth-order valence-corrected chi connectivity index (χ4v) is 3.11. The van der Waals surface area contributed by atoms with Crippen LogP contribution in [0.1, 0.15) is 32.1 Å². The quantitative estimate of drug-likeness (QED) is 0.482. The predicted molar refractivity (Wildman–Crippen MR) is 100 cm³/mol. The highest BCUT2D eigenvalue weighted by Crippen LogP contribution is 2.31. The summed E-state index contributed by atoms with van der Waals surface area (Å²) in [6.07, 6.45) is 5.27. The maximum absolute atomic E-state index is 11.7. The van der Waals surface area contributed by atoms with Crippen molar-refractivity contribution < 1.29 is 4.92 Å². The number of anilines is 2. The van der Waals surface area contributed by atoms with Gasteiger partial charge in [-0.1, -0.05) is 6.42 Å². The van der Waals surface area contributed by atoms with Gasteiger partial charge in [0, 0.05) is 26.2 Å². The van der Waals surface area contributed by atoms with Crippen molar-refractivity contribution >= 4 is 17.3 Å². The summed E-state index contributed by atoms with van der Waals surface area (Å²) in [6, 6.07) is 4.04. The van der Waals surface area contributed by atoms with E-state index in [9.17, 15) is 10.1 Å². The lowest BCUT2D eigenvalue weighted by Crippen LogP contribution is -2.34. The molecule has 1 N–H and O–H groups in total. The minimum absolute atomic E-state index is 0.140. The third-order valence-corrected chi connectivity index (χ3v) is 4.44. The van der Waals surface area contributed by atoms with Crippen molar-refractivity contribution in [3.63, 3.8) is 0 Å². The molecular formula is C17H24N8O2. The lowest BCUT2D eigenvalue weighted by atomic mass is 10.1. The van der Waals surface area contributed by atoms with Crippen LogP contribution < -0.4 is 10.2 Å². The summed E-state index contributed by atoms with van der Waals surface area (Å²) < 4.78 is 0. The Morgan fingerprint density at radius 1 is 1.19 bits per heavy atom. The van der Waals surface area contributed by atoms with Gasteiger partial charge < -0.3 is 15.1 Å². The molecule has 0 amide bonds. The first-order valence-electron chi connectivity index (χ1n) is 9.11. The van der Waals surface area contributed by atoms with Crippen molar-refractivity contribution in [2.75, 3.05) is 49.5 Å². The van der Waals surface area contributed by atoms with Crippen LogP contribution in [0.2, 0.25) is 0 Å². The zero-order chi connectivity index (χ0) is 19.5. The second kappa shape index (κ2) is 10.9. The van der Waals surface area contributed by atoms with Gasteiger partial charge in [-0.3, -0.25) is 10.1 Å². The molecule has 0 aliphatic carbocycles. The van der Waals surface area contributed by atoms with Crippen molar-refractivity contribution in [2.24, 2.45) is 0 Å². The average Bonchev–Trinajstić information content (AvgIpc) is 2.68. The standard InChI is InChI=1S/C17H24N8O2/c18-6-4-11-24(12-5-7-19)17-15(25(26)27)16(21-14-22-17)20-8-13-23-9-2-1-3-10-23/h14H,1-5,8-13H2,(H,20,21,22). The SMILES string of the molecule is N#CCCN(CCC#N)c1ncnc(NCCN2CCCCC2)c1[N+](=O)[O-]. The lowest BCUT2D eigenvalue weighted by Gasteiger charge is -2.26. The van der Waals surface area contributed by atoms with Crippen molar-refractivity contribution in [3.8, 4) is 12.1 Å². The molecule has 0 bridgehead atoms. The third-order valence-electron chi connectivity index (χ3n) is 4.44. The average molecular weight is 372 g/mol. The van der Waals surface area contributed by atoms with Crippen LogP contribution in [-0.4, -0.2) is 59.1 Å². The van der Waals surface area contributed by atoms with E-state index < -0.39 is 4.92 Å². The van der Waals surface area contributed by atoms with Crippen LogP contribution in [0.3, 0.4) is 0 Å². The van der Waals surface area contributed by atoms with Crippen molar-refractivity contribution in [3.05, 3.63) is 16.4 Å². The highest BCUT2D eigenvalue weighted by Gasteiger charge is 2.27. The van der Waals surface area contributed by atoms with Crippen LogP contribution in [-0.2, 0) is 0 Å². The lowest BCUT2D eigenvalue weighted by molar-refractivity contribution is -0.383. The molecule has 0 spiro atoms. The molecule has 10 nitrogen and oxygen atoms in total. The minimum Gasteiger partial charge on any atom is -0.363 e. The molecule has 0 atom stereocenters. The van der Waals surface area contributed by atoms with Gasteiger partial charge in [-0.25, -0.2) is 9.97 Å². The Bertz CT molecular complexity index is 688. The van der Waals surface area contributed by atoms with Crippen molar-refractivity contribution in [2.45, 2.75) is 32.1 Å². The van der Waals surface area contributed by atoms with E-state index in [1.54, 1.807) is 4.90 Å². The number of nitro groups is 1. The summed E-state index contributed by atoms with van der Waals surface area (Å²) in [5.41, 5.74) is -0.216. The molecule has 2 rings (SSSR count). The van der Waals surface area contributed by atoms with E-state index in [4.69, 9.17) is 10.5 Å². The fourth-order valence-electron chi connectivity index (χ4n) is 3.11. The largest absolute Gasteiger partial charge is 0.363 e. The first kappa shape index (κ1) is 20.3. The Morgan fingerprint density at radius 3 is 2.44 bits per heavy atom. The van der Waals surface area contributed by atoms with Crippen molar-refractivity contribution in [1.82, 2.24) is 14.9 Å². The zero-order valence-electron chi connectivity index (χ0n) is 15.3. The number of nitrogens with zero attached hydrogens (tertiary/aromatic N) is 7. The van der Waals surface area contributed by atoms with Crippen LogP contribution in [0.4, 0.5) is 17.3 Å². The summed E-state index contributed by atoms with van der Waals surface area (Å²) in [4.78, 5) is 23.2. The van der Waals surface area contributed by atoms with Crippen LogP contribution in [0, 0.1) is 32.8 Å². The van der Waals surface area contributed by atoms with Crippen LogP contribution in [0.5, 0.6) is 0 Å². The summed E-state index contributed by atoms with van der Waals surface area (Å²) in [5.74, 6) is 0.307. The van der Waals surface area contributed by atoms with E-state index in [-0.39, 0.29) is 43.3 Å². The van der Waals surface area contributed by atoms with Crippen LogP contribution in [0.25, 0.3) is 0 Å². The Kier molecular flexibility index (Phi) is 8.20. The highest BCUT2D eigenvalue weighted by atomic mass is 16.6. The maximum atomic E-state index is 11.7. The Morgan fingerprint density at radius 2 is 1.85 bits per heavy atom. The molecule has 2 heterocycles. The molecule has 1 aliphatic rings. The van der Waals surface area contributed by atoms with Gasteiger partial charge in [0.15, 0.2) is 0 Å². The van der Waals surface area contributed by atoms with Gasteiger partial charge >= 0.3 is 5.69 Å². The number of nitriles is 2. The number of aromatic nitrogens is 2. The number of rotatable bonds is 10. The second-order valence-electron chi connectivity index (χ2n) is 6.28. The molecule has 1 saturated heterocycles. The number of likely N-dealkylation sites (tertiary alicyclic amines) is 1. The molecule has 1 aliphatic heterocycles. The third kappa shape index (κ3) is 6.04. The van der Waals surface area contributed by atoms with E-state index in [2.05, 4.69) is 20.2 Å². The first-order chi connectivity index (χ1) is 13.2. The van der Waals surface area contributed by atoms with E-state index in [1.165, 1.54) is 25.6 Å². The number of piperidine rings is 1. The second-order valence-corrected chi connectivity index (χ2v) is 6.28. The maximum Gasteiger partial charge on any atom is 0.353 e. The summed E-state index contributed by atoms with van der Waals surface area (Å²) in [6.45, 7) is 3.98. The fraction of sp³-hybridized carbons (Fsp3) is 0.647. The molecule has 10 heteroatoms. The summed E-state index contributed by atoms with van der Waals surface area (Å²) >= 11 is 0. The van der Waals surface area contributed by atoms with E-state index in [0.29, 0.717) is 6.54 Å². The Balaban J connectivity index is 2.14. The number of hydrogen-bond acceptors (Lipinski definition) is 9. The first-order valence-corrected chi connectivity index (χ1v) is 9.11. The van der Waals surface area contributed by atoms with Gasteiger partial charge in [0.25, 0.3) is 0 Å². The van der Waals surface area contributed by atoms with Gasteiger partial charge in [-0.2, -0.15) is 10.5 Å². The van der Waals surface area contributed by atoms with Gasteiger partial charge in [0.1, 0.15) is 6.33 Å². The van der Waals surface area contributed by atoms with Crippen LogP contribution in [0.15, 0.2) is 6.33 Å². The highest BCUT2D eigenvalue weighted by molar-refractivity contribution is 5.70. The topological polar surface area (TPSA) is 135 Å². The van der Waals surface area contributed by atoms with Gasteiger partial charge in [0.2, 0.25) is 11.6 Å². The van der Waals surface area contributed by atoms with E-state index in [0.717, 1.165) is 19.6 Å². The molecule has 1 aromatic rings. The molecule has 144 valence electrons. The van der Waals surface area contributed by atoms with E-state index in [1.807, 2.05) is 12.1 Å². The molecule has 0 aromatic carbocycles. The van der Waals surface area contributed by atoms with Gasteiger partial charge in [-0.05, 0) is 25.9 Å². The number of hydrogen-bond donors (Lipinski definition) is 1. The normalized spacial score (nSPS) is 14.1. The van der Waals surface area contributed by atoms with E-state index >= 15 is 0 Å². The molecule has 0 saturated carbocycles. The molecule has 27 heavy (non-hydrogen) atoms. The Hall–Kier alpha value is -2.98. The molecule has 0 radical (unpaired) electrons. The molecule has 1 fully saturated rings. The van der Waals surface area contributed by atoms with Crippen LogP contribution >= 0.6 is 0 Å². The molecular weight excluding hydrogens is 348 g/mol. The summed E-state index contributed by atoms with van der Waals surface area (Å²) in [7, 11) is 0. The minimum atomic E-state index is -0.510. The van der Waals surface area contributed by atoms with Gasteiger partial charge in [-0.15, -0.1) is 0 Å². The number of nitrogens with one attached hydrogen (secondary N) is 1. The zero-order valence-corrected chi connectivity index (χ0v) is 15.3. The predicted octanol–water partition coefficient (Wildman–Crippen LogP) is 1.92. The monoisotopic (exact) mass is 372 g/mol. The van der Waals surface area contributed by atoms with Crippen molar-refractivity contribution in [1.29, 1.82) is 10.5 Å². The van der Waals surface area contributed by atoms with Gasteiger partial charge in [0.05, 0.1) is 29.9 Å². The Labute approximate surface area is 158 Å². The molecule has 1 aromatic heterocycles.